The van der Waals surface area contributed by atoms with E-state index in [9.17, 15) is 17.1 Å². The Morgan fingerprint density at radius 3 is 2.80 bits per heavy atom. The molecule has 20 heavy (non-hydrogen) atoms. The summed E-state index contributed by atoms with van der Waals surface area (Å²) in [5, 5.41) is -1.22. The van der Waals surface area contributed by atoms with E-state index in [1.54, 1.807) is 7.11 Å². The van der Waals surface area contributed by atoms with Crippen molar-refractivity contribution in [2.45, 2.75) is 18.1 Å². The van der Waals surface area contributed by atoms with Gasteiger partial charge in [-0.05, 0) is 24.1 Å². The highest BCUT2D eigenvalue weighted by Gasteiger charge is 2.37. The Labute approximate surface area is 117 Å². The fourth-order valence-electron chi connectivity index (χ4n) is 2.23. The number of nitrogens with zero attached hydrogens (tertiary/aromatic N) is 1. The summed E-state index contributed by atoms with van der Waals surface area (Å²) in [5.74, 6) is 0.401. The molecule has 0 bridgehead atoms. The van der Waals surface area contributed by atoms with E-state index in [4.69, 9.17) is 4.74 Å². The third kappa shape index (κ3) is 3.47. The third-order valence-corrected chi connectivity index (χ3v) is 4.49. The first-order valence-corrected chi connectivity index (χ1v) is 7.69. The average Bonchev–Trinajstić information content (AvgIpc) is 2.78. The molecule has 5 nitrogen and oxygen atoms in total. The maximum absolute atomic E-state index is 12.9. The fraction of sp³-hybridized carbons (Fsp3) is 0.462. The van der Waals surface area contributed by atoms with Gasteiger partial charge in [0, 0.05) is 19.5 Å². The van der Waals surface area contributed by atoms with Crippen molar-refractivity contribution < 1.29 is 21.8 Å². The maximum atomic E-state index is 12.9. The first kappa shape index (κ1) is 14.8. The number of halogens is 1. The van der Waals surface area contributed by atoms with E-state index in [2.05, 4.69) is 0 Å². The number of hydrogen-bond acceptors (Lipinski definition) is 4. The number of carbonyl (C=O) groups excluding carboxylic acids is 1. The second kappa shape index (κ2) is 5.78. The maximum Gasteiger partial charge on any atom is 0.307 e. The van der Waals surface area contributed by atoms with Crippen molar-refractivity contribution in [1.29, 1.82) is 0 Å². The van der Waals surface area contributed by atoms with Gasteiger partial charge in [-0.2, -0.15) is 8.42 Å². The summed E-state index contributed by atoms with van der Waals surface area (Å²) in [6.07, 6.45) is 0.305. The van der Waals surface area contributed by atoms with Gasteiger partial charge in [0.1, 0.15) is 11.0 Å². The van der Waals surface area contributed by atoms with Crippen molar-refractivity contribution in [3.05, 3.63) is 29.8 Å². The van der Waals surface area contributed by atoms with Crippen LogP contribution in [0, 0.1) is 0 Å². The van der Waals surface area contributed by atoms with Crippen molar-refractivity contribution in [2.75, 3.05) is 20.2 Å². The van der Waals surface area contributed by atoms with Crippen LogP contribution in [0.2, 0.25) is 0 Å². The van der Waals surface area contributed by atoms with E-state index in [0.29, 0.717) is 13.0 Å². The highest BCUT2D eigenvalue weighted by Crippen LogP contribution is 2.20. The molecule has 2 rings (SSSR count). The Balaban J connectivity index is 1.96. The second-order valence-corrected chi connectivity index (χ2v) is 6.36. The van der Waals surface area contributed by atoms with Crippen LogP contribution < -0.4 is 4.74 Å². The van der Waals surface area contributed by atoms with Gasteiger partial charge in [0.25, 0.3) is 0 Å². The van der Waals surface area contributed by atoms with Crippen molar-refractivity contribution in [2.24, 2.45) is 0 Å². The summed E-state index contributed by atoms with van der Waals surface area (Å²) in [6.45, 7) is 0.305. The van der Waals surface area contributed by atoms with Crippen LogP contribution in [-0.2, 0) is 21.4 Å². The zero-order chi connectivity index (χ0) is 14.8. The number of benzene rings is 1. The van der Waals surface area contributed by atoms with Crippen LogP contribution in [0.4, 0.5) is 3.89 Å². The molecule has 1 unspecified atom stereocenters. The van der Waals surface area contributed by atoms with E-state index in [0.717, 1.165) is 11.3 Å². The molecule has 1 aliphatic heterocycles. The van der Waals surface area contributed by atoms with Gasteiger partial charge in [-0.25, -0.2) is 0 Å². The molecule has 1 heterocycles. The molecule has 1 fully saturated rings. The molecule has 1 aromatic rings. The van der Waals surface area contributed by atoms with E-state index >= 15 is 0 Å². The molecule has 1 aliphatic rings. The molecular formula is C13H16FNO4S. The monoisotopic (exact) mass is 301 g/mol. The molecule has 0 spiro atoms. The number of ether oxygens (including phenoxy) is 1. The Bertz CT molecular complexity index is 602. The van der Waals surface area contributed by atoms with Crippen LogP contribution in [0.25, 0.3) is 0 Å². The number of amides is 1. The minimum atomic E-state index is -4.64. The molecule has 0 aliphatic carbocycles. The molecule has 0 saturated carbocycles. The summed E-state index contributed by atoms with van der Waals surface area (Å²) in [6, 6.07) is 7.40. The van der Waals surface area contributed by atoms with Crippen LogP contribution in [0.15, 0.2) is 24.3 Å². The summed E-state index contributed by atoms with van der Waals surface area (Å²) >= 11 is 0. The Hall–Kier alpha value is -1.63. The van der Waals surface area contributed by atoms with Gasteiger partial charge >= 0.3 is 10.2 Å². The lowest BCUT2D eigenvalue weighted by Gasteiger charge is -2.16. The molecule has 7 heteroatoms. The number of hydrogen-bond donors (Lipinski definition) is 0. The average molecular weight is 301 g/mol. The number of likely N-dealkylation sites (tertiary alicyclic amines) is 1. The van der Waals surface area contributed by atoms with Gasteiger partial charge in [-0.15, -0.1) is 3.89 Å². The summed E-state index contributed by atoms with van der Waals surface area (Å²) in [7, 11) is -3.08. The highest BCUT2D eigenvalue weighted by molar-refractivity contribution is 7.87. The van der Waals surface area contributed by atoms with Crippen LogP contribution in [0.5, 0.6) is 5.75 Å². The van der Waals surface area contributed by atoms with Crippen LogP contribution >= 0.6 is 0 Å². The minimum absolute atomic E-state index is 0.0678. The Kier molecular flexibility index (Phi) is 4.27. The molecule has 1 atom stereocenters. The summed E-state index contributed by atoms with van der Waals surface area (Å²) < 4.78 is 39.6. The topological polar surface area (TPSA) is 63.7 Å². The first-order valence-electron chi connectivity index (χ1n) is 6.24. The second-order valence-electron chi connectivity index (χ2n) is 4.74. The quantitative estimate of drug-likeness (QED) is 0.765. The lowest BCUT2D eigenvalue weighted by molar-refractivity contribution is -0.127. The summed E-state index contributed by atoms with van der Waals surface area (Å²) in [5.41, 5.74) is 0.976. The van der Waals surface area contributed by atoms with Crippen molar-refractivity contribution in [3.63, 3.8) is 0 Å². The molecule has 1 amide bonds. The Morgan fingerprint density at radius 2 is 2.20 bits per heavy atom. The third-order valence-electron chi connectivity index (χ3n) is 3.38. The van der Waals surface area contributed by atoms with Crippen LogP contribution in [-0.4, -0.2) is 44.7 Å². The normalized spacial score (nSPS) is 19.4. The summed E-state index contributed by atoms with van der Waals surface area (Å²) in [4.78, 5) is 13.0. The molecule has 0 N–H and O–H groups in total. The van der Waals surface area contributed by atoms with Crippen LogP contribution in [0.1, 0.15) is 12.0 Å². The number of carbonyl (C=O) groups is 1. The number of methoxy groups -OCH3 is 1. The van der Waals surface area contributed by atoms with Crippen molar-refractivity contribution >= 4 is 16.1 Å². The van der Waals surface area contributed by atoms with Crippen LogP contribution in [0.3, 0.4) is 0 Å². The molecular weight excluding hydrogens is 285 g/mol. The fourth-order valence-corrected chi connectivity index (χ4v) is 2.93. The molecule has 0 aromatic heterocycles. The molecule has 110 valence electrons. The number of rotatable bonds is 5. The van der Waals surface area contributed by atoms with E-state index in [1.165, 1.54) is 4.90 Å². The van der Waals surface area contributed by atoms with Crippen molar-refractivity contribution in [3.8, 4) is 5.75 Å². The standard InChI is InChI=1S/C13H16FNO4S/c1-19-11-4-2-3-10(7-11)5-6-15-9-12(8-13(15)16)20(14,17)18/h2-4,7,12H,5-6,8-9H2,1H3. The van der Waals surface area contributed by atoms with E-state index in [-0.39, 0.29) is 18.9 Å². The zero-order valence-electron chi connectivity index (χ0n) is 11.1. The molecule has 1 aromatic carbocycles. The van der Waals surface area contributed by atoms with Gasteiger partial charge in [0.05, 0.1) is 7.11 Å². The minimum Gasteiger partial charge on any atom is -0.497 e. The van der Waals surface area contributed by atoms with Gasteiger partial charge in [-0.1, -0.05) is 12.1 Å². The first-order chi connectivity index (χ1) is 9.40. The SMILES string of the molecule is COc1cccc(CCN2CC(S(=O)(=O)F)CC2=O)c1. The highest BCUT2D eigenvalue weighted by atomic mass is 32.3. The zero-order valence-corrected chi connectivity index (χ0v) is 11.9. The molecule has 0 radical (unpaired) electrons. The van der Waals surface area contributed by atoms with Gasteiger partial charge in [0.15, 0.2) is 0 Å². The Morgan fingerprint density at radius 1 is 1.45 bits per heavy atom. The lowest BCUT2D eigenvalue weighted by Crippen LogP contribution is -2.29. The van der Waals surface area contributed by atoms with Crippen molar-refractivity contribution in [1.82, 2.24) is 4.90 Å². The van der Waals surface area contributed by atoms with Gasteiger partial charge < -0.3 is 9.64 Å². The van der Waals surface area contributed by atoms with Gasteiger partial charge in [-0.3, -0.25) is 4.79 Å². The van der Waals surface area contributed by atoms with E-state index in [1.807, 2.05) is 24.3 Å². The smallest absolute Gasteiger partial charge is 0.307 e. The molecule has 1 saturated heterocycles. The predicted octanol–water partition coefficient (Wildman–Crippen LogP) is 1.14. The van der Waals surface area contributed by atoms with E-state index < -0.39 is 15.5 Å². The lowest BCUT2D eigenvalue weighted by atomic mass is 10.1. The largest absolute Gasteiger partial charge is 0.497 e. The van der Waals surface area contributed by atoms with Gasteiger partial charge in [0.2, 0.25) is 5.91 Å². The predicted molar refractivity (Wildman–Crippen MR) is 71.7 cm³/mol.